The summed E-state index contributed by atoms with van der Waals surface area (Å²) in [5, 5.41) is 14.0. The zero-order valence-electron chi connectivity index (χ0n) is 11.4. The fourth-order valence-electron chi connectivity index (χ4n) is 2.23. The summed E-state index contributed by atoms with van der Waals surface area (Å²) >= 11 is 6.02. The maximum absolute atomic E-state index is 8.94. The zero-order chi connectivity index (χ0) is 14.7. The minimum atomic E-state index is 0.138. The van der Waals surface area contributed by atoms with E-state index in [4.69, 9.17) is 16.7 Å². The second-order valence-corrected chi connectivity index (χ2v) is 5.26. The van der Waals surface area contributed by atoms with Crippen LogP contribution in [-0.4, -0.2) is 21.5 Å². The average Bonchev–Trinajstić information content (AvgIpc) is 2.97. The molecule has 0 amide bonds. The molecule has 1 aromatic heterocycles. The van der Waals surface area contributed by atoms with Crippen LogP contribution in [0.1, 0.15) is 5.56 Å². The van der Waals surface area contributed by atoms with Crippen molar-refractivity contribution < 1.29 is 5.11 Å². The summed E-state index contributed by atoms with van der Waals surface area (Å²) in [7, 11) is 0. The molecule has 1 N–H and O–H groups in total. The molecule has 0 bridgehead atoms. The summed E-state index contributed by atoms with van der Waals surface area (Å²) in [5.74, 6) is 0. The normalized spacial score (nSPS) is 10.8. The summed E-state index contributed by atoms with van der Waals surface area (Å²) in [5.41, 5.74) is 4.22. The number of aliphatic hydroxyl groups excluding tert-OH is 1. The summed E-state index contributed by atoms with van der Waals surface area (Å²) in [4.78, 5) is 0. The SMILES string of the molecule is OCCc1cnn(-c2ccc(-c3cccc(Cl)c3)cc2)c1. The van der Waals surface area contributed by atoms with Crippen LogP contribution in [0.4, 0.5) is 0 Å². The molecule has 0 spiro atoms. The summed E-state index contributed by atoms with van der Waals surface area (Å²) in [6, 6.07) is 15.9. The Kier molecular flexibility index (Phi) is 4.04. The summed E-state index contributed by atoms with van der Waals surface area (Å²) in [6.45, 7) is 0.138. The lowest BCUT2D eigenvalue weighted by atomic mass is 10.1. The van der Waals surface area contributed by atoms with E-state index < -0.39 is 0 Å². The number of nitrogens with zero attached hydrogens (tertiary/aromatic N) is 2. The Balaban J connectivity index is 1.86. The third kappa shape index (κ3) is 3.15. The van der Waals surface area contributed by atoms with Gasteiger partial charge < -0.3 is 5.11 Å². The molecule has 0 atom stereocenters. The van der Waals surface area contributed by atoms with Gasteiger partial charge in [0.2, 0.25) is 0 Å². The van der Waals surface area contributed by atoms with Crippen molar-refractivity contribution in [2.75, 3.05) is 6.61 Å². The van der Waals surface area contributed by atoms with Crippen molar-refractivity contribution in [2.24, 2.45) is 0 Å². The molecule has 21 heavy (non-hydrogen) atoms. The molecule has 3 nitrogen and oxygen atoms in total. The largest absolute Gasteiger partial charge is 0.396 e. The van der Waals surface area contributed by atoms with Gasteiger partial charge in [-0.3, -0.25) is 0 Å². The number of hydrogen-bond acceptors (Lipinski definition) is 2. The molecule has 0 saturated carbocycles. The van der Waals surface area contributed by atoms with Crippen molar-refractivity contribution in [3.63, 3.8) is 0 Å². The highest BCUT2D eigenvalue weighted by atomic mass is 35.5. The van der Waals surface area contributed by atoms with Crippen LogP contribution in [0.25, 0.3) is 16.8 Å². The van der Waals surface area contributed by atoms with Crippen LogP contribution < -0.4 is 0 Å². The van der Waals surface area contributed by atoms with Gasteiger partial charge in [-0.1, -0.05) is 35.9 Å². The lowest BCUT2D eigenvalue weighted by molar-refractivity contribution is 0.299. The number of aliphatic hydroxyl groups is 1. The van der Waals surface area contributed by atoms with Gasteiger partial charge in [0.1, 0.15) is 0 Å². The molecule has 0 unspecified atom stereocenters. The van der Waals surface area contributed by atoms with Gasteiger partial charge in [0.05, 0.1) is 11.9 Å². The minimum Gasteiger partial charge on any atom is -0.396 e. The topological polar surface area (TPSA) is 38.1 Å². The summed E-state index contributed by atoms with van der Waals surface area (Å²) in [6.07, 6.45) is 4.34. The molecule has 0 fully saturated rings. The van der Waals surface area contributed by atoms with E-state index in [1.165, 1.54) is 0 Å². The molecule has 3 rings (SSSR count). The van der Waals surface area contributed by atoms with Gasteiger partial charge in [-0.25, -0.2) is 4.68 Å². The highest BCUT2D eigenvalue weighted by Crippen LogP contribution is 2.23. The Morgan fingerprint density at radius 1 is 1.05 bits per heavy atom. The molecule has 0 aliphatic heterocycles. The van der Waals surface area contributed by atoms with Crippen LogP contribution in [0.2, 0.25) is 5.02 Å². The second-order valence-electron chi connectivity index (χ2n) is 4.82. The minimum absolute atomic E-state index is 0.138. The molecule has 1 heterocycles. The first kappa shape index (κ1) is 13.9. The first-order chi connectivity index (χ1) is 10.3. The van der Waals surface area contributed by atoms with E-state index in [-0.39, 0.29) is 6.61 Å². The van der Waals surface area contributed by atoms with Crippen LogP contribution in [0.3, 0.4) is 0 Å². The van der Waals surface area contributed by atoms with Crippen molar-refractivity contribution in [2.45, 2.75) is 6.42 Å². The highest BCUT2D eigenvalue weighted by Gasteiger charge is 2.02. The maximum atomic E-state index is 8.94. The van der Waals surface area contributed by atoms with Crippen molar-refractivity contribution >= 4 is 11.6 Å². The van der Waals surface area contributed by atoms with Gasteiger partial charge >= 0.3 is 0 Å². The van der Waals surface area contributed by atoms with Gasteiger partial charge in [0.25, 0.3) is 0 Å². The molecule has 0 saturated heterocycles. The fraction of sp³-hybridized carbons (Fsp3) is 0.118. The van der Waals surface area contributed by atoms with Crippen molar-refractivity contribution in [3.05, 3.63) is 71.5 Å². The molecule has 0 aliphatic rings. The summed E-state index contributed by atoms with van der Waals surface area (Å²) < 4.78 is 1.81. The van der Waals surface area contributed by atoms with E-state index in [1.807, 2.05) is 59.4 Å². The Morgan fingerprint density at radius 3 is 2.57 bits per heavy atom. The molecular weight excluding hydrogens is 284 g/mol. The molecule has 0 aliphatic carbocycles. The number of aromatic nitrogens is 2. The average molecular weight is 299 g/mol. The van der Waals surface area contributed by atoms with Crippen molar-refractivity contribution in [1.29, 1.82) is 0 Å². The van der Waals surface area contributed by atoms with Crippen LogP contribution >= 0.6 is 11.6 Å². The van der Waals surface area contributed by atoms with E-state index in [0.29, 0.717) is 6.42 Å². The monoisotopic (exact) mass is 298 g/mol. The molecule has 3 aromatic rings. The Labute approximate surface area is 128 Å². The first-order valence-corrected chi connectivity index (χ1v) is 7.15. The lowest BCUT2D eigenvalue weighted by Crippen LogP contribution is -1.94. The van der Waals surface area contributed by atoms with E-state index in [9.17, 15) is 0 Å². The van der Waals surface area contributed by atoms with Gasteiger partial charge in [-0.15, -0.1) is 0 Å². The van der Waals surface area contributed by atoms with Crippen LogP contribution in [0.15, 0.2) is 60.9 Å². The van der Waals surface area contributed by atoms with Crippen LogP contribution in [0, 0.1) is 0 Å². The van der Waals surface area contributed by atoms with Gasteiger partial charge in [0.15, 0.2) is 0 Å². The molecule has 106 valence electrons. The van der Waals surface area contributed by atoms with E-state index in [2.05, 4.69) is 5.10 Å². The van der Waals surface area contributed by atoms with E-state index in [0.717, 1.165) is 27.4 Å². The first-order valence-electron chi connectivity index (χ1n) is 6.77. The van der Waals surface area contributed by atoms with Crippen LogP contribution in [0.5, 0.6) is 0 Å². The third-order valence-electron chi connectivity index (χ3n) is 3.33. The standard InChI is InChI=1S/C17H15ClN2O/c18-16-3-1-2-15(10-16)14-4-6-17(7-5-14)20-12-13(8-9-21)11-19-20/h1-7,10-12,21H,8-9H2. The molecular formula is C17H15ClN2O. The van der Waals surface area contributed by atoms with Gasteiger partial charge in [0, 0.05) is 17.8 Å². The highest BCUT2D eigenvalue weighted by molar-refractivity contribution is 6.30. The second kappa shape index (κ2) is 6.12. The quantitative estimate of drug-likeness (QED) is 0.797. The number of hydrogen-bond donors (Lipinski definition) is 1. The number of rotatable bonds is 4. The fourth-order valence-corrected chi connectivity index (χ4v) is 2.42. The van der Waals surface area contributed by atoms with E-state index in [1.54, 1.807) is 6.20 Å². The molecule has 0 radical (unpaired) electrons. The Hall–Kier alpha value is -2.10. The molecule has 2 aromatic carbocycles. The zero-order valence-corrected chi connectivity index (χ0v) is 12.2. The Bertz CT molecular complexity index is 735. The molecule has 4 heteroatoms. The van der Waals surface area contributed by atoms with Gasteiger partial charge in [-0.05, 0) is 47.4 Å². The van der Waals surface area contributed by atoms with Crippen molar-refractivity contribution in [1.82, 2.24) is 9.78 Å². The number of halogens is 1. The maximum Gasteiger partial charge on any atom is 0.0646 e. The third-order valence-corrected chi connectivity index (χ3v) is 3.56. The predicted molar refractivity (Wildman–Crippen MR) is 84.8 cm³/mol. The Morgan fingerprint density at radius 2 is 1.86 bits per heavy atom. The number of benzene rings is 2. The van der Waals surface area contributed by atoms with Crippen molar-refractivity contribution in [3.8, 4) is 16.8 Å². The van der Waals surface area contributed by atoms with Gasteiger partial charge in [-0.2, -0.15) is 5.10 Å². The lowest BCUT2D eigenvalue weighted by Gasteiger charge is -2.05. The smallest absolute Gasteiger partial charge is 0.0646 e. The van der Waals surface area contributed by atoms with E-state index >= 15 is 0 Å². The predicted octanol–water partition coefficient (Wildman–Crippen LogP) is 3.73. The van der Waals surface area contributed by atoms with Crippen LogP contribution in [-0.2, 0) is 6.42 Å².